The molecule has 4 nitrogen and oxygen atoms in total. The zero-order chi connectivity index (χ0) is 13.2. The van der Waals surface area contributed by atoms with E-state index >= 15 is 0 Å². The molecule has 18 heavy (non-hydrogen) atoms. The second-order valence-electron chi connectivity index (χ2n) is 4.53. The minimum absolute atomic E-state index is 0.0207. The summed E-state index contributed by atoms with van der Waals surface area (Å²) in [4.78, 5) is 11.8. The number of hydrogen-bond donors (Lipinski definition) is 2. The topological polar surface area (TPSA) is 58.6 Å². The first-order valence-corrected chi connectivity index (χ1v) is 5.90. The molecule has 0 spiro atoms. The molecule has 2 atom stereocenters. The molecule has 1 saturated heterocycles. The van der Waals surface area contributed by atoms with Gasteiger partial charge in [-0.2, -0.15) is 0 Å². The van der Waals surface area contributed by atoms with Crippen LogP contribution in [0.5, 0.6) is 0 Å². The fourth-order valence-electron chi connectivity index (χ4n) is 1.98. The molecule has 0 saturated carbocycles. The maximum atomic E-state index is 13.4. The summed E-state index contributed by atoms with van der Waals surface area (Å²) in [6.45, 7) is 2.27. The van der Waals surface area contributed by atoms with Gasteiger partial charge < -0.3 is 15.2 Å². The summed E-state index contributed by atoms with van der Waals surface area (Å²) >= 11 is 0. The Morgan fingerprint density at radius 1 is 1.61 bits per heavy atom. The Bertz CT molecular complexity index is 452. The van der Waals surface area contributed by atoms with E-state index in [0.29, 0.717) is 13.0 Å². The molecule has 1 aromatic carbocycles. The van der Waals surface area contributed by atoms with Crippen LogP contribution in [0.15, 0.2) is 24.3 Å². The first-order valence-electron chi connectivity index (χ1n) is 5.90. The summed E-state index contributed by atoms with van der Waals surface area (Å²) in [5.41, 5.74) is -1.09. The number of nitrogens with one attached hydrogen (secondary N) is 1. The van der Waals surface area contributed by atoms with Crippen molar-refractivity contribution >= 4 is 5.91 Å². The van der Waals surface area contributed by atoms with Crippen molar-refractivity contribution in [3.8, 4) is 0 Å². The number of rotatable bonds is 3. The second-order valence-corrected chi connectivity index (χ2v) is 4.53. The average Bonchev–Trinajstić information content (AvgIpc) is 2.68. The first-order chi connectivity index (χ1) is 8.53. The number of aliphatic hydroxyl groups is 1. The quantitative estimate of drug-likeness (QED) is 0.848. The summed E-state index contributed by atoms with van der Waals surface area (Å²) < 4.78 is 18.6. The zero-order valence-corrected chi connectivity index (χ0v) is 10.1. The lowest BCUT2D eigenvalue weighted by molar-refractivity contribution is -0.0251. The Balaban J connectivity index is 1.99. The summed E-state index contributed by atoms with van der Waals surface area (Å²) in [6.07, 6.45) is 0.129. The van der Waals surface area contributed by atoms with Crippen LogP contribution in [0.2, 0.25) is 0 Å². The molecule has 5 heteroatoms. The third kappa shape index (κ3) is 2.52. The van der Waals surface area contributed by atoms with Crippen molar-refractivity contribution in [1.82, 2.24) is 5.32 Å². The van der Waals surface area contributed by atoms with Gasteiger partial charge in [0.1, 0.15) is 11.4 Å². The van der Waals surface area contributed by atoms with E-state index in [9.17, 15) is 14.3 Å². The van der Waals surface area contributed by atoms with E-state index in [0.717, 1.165) is 0 Å². The molecule has 0 bridgehead atoms. The Kier molecular flexibility index (Phi) is 3.63. The second kappa shape index (κ2) is 5.04. The Morgan fingerprint density at radius 3 is 2.94 bits per heavy atom. The molecular weight excluding hydrogens is 237 g/mol. The Morgan fingerprint density at radius 2 is 2.33 bits per heavy atom. The van der Waals surface area contributed by atoms with E-state index in [4.69, 9.17) is 4.74 Å². The third-order valence-corrected chi connectivity index (χ3v) is 3.33. The SMILES string of the molecule is CC1OCCC1(O)CNC(=O)c1ccccc1F. The standard InChI is InChI=1S/C13H16FNO3/c1-9-13(17,6-7-18-9)8-15-12(16)10-4-2-3-5-11(10)14/h2-5,9,17H,6-8H2,1H3,(H,15,16). The normalized spacial score (nSPS) is 27.2. The number of amides is 1. The predicted octanol–water partition coefficient (Wildman–Crippen LogP) is 1.10. The average molecular weight is 253 g/mol. The van der Waals surface area contributed by atoms with Crippen molar-refractivity contribution in [2.75, 3.05) is 13.2 Å². The number of ether oxygens (including phenoxy) is 1. The fourth-order valence-corrected chi connectivity index (χ4v) is 1.98. The maximum absolute atomic E-state index is 13.4. The number of carbonyl (C=O) groups is 1. The summed E-state index contributed by atoms with van der Waals surface area (Å²) in [7, 11) is 0. The highest BCUT2D eigenvalue weighted by molar-refractivity contribution is 5.94. The first kappa shape index (κ1) is 13.0. The molecule has 1 aliphatic heterocycles. The van der Waals surface area contributed by atoms with Crippen molar-refractivity contribution in [3.63, 3.8) is 0 Å². The zero-order valence-electron chi connectivity index (χ0n) is 10.1. The fraction of sp³-hybridized carbons (Fsp3) is 0.462. The molecule has 2 rings (SSSR count). The summed E-state index contributed by atoms with van der Waals surface area (Å²) in [6, 6.07) is 5.74. The molecule has 1 aliphatic rings. The molecule has 0 aliphatic carbocycles. The van der Waals surface area contributed by atoms with Crippen LogP contribution in [-0.4, -0.2) is 35.9 Å². The Labute approximate surface area is 105 Å². The number of carbonyl (C=O) groups excluding carboxylic acids is 1. The van der Waals surface area contributed by atoms with E-state index in [1.165, 1.54) is 18.2 Å². The smallest absolute Gasteiger partial charge is 0.254 e. The van der Waals surface area contributed by atoms with Crippen molar-refractivity contribution in [2.24, 2.45) is 0 Å². The monoisotopic (exact) mass is 253 g/mol. The van der Waals surface area contributed by atoms with Gasteiger partial charge in [-0.1, -0.05) is 12.1 Å². The molecule has 1 aromatic rings. The van der Waals surface area contributed by atoms with Crippen molar-refractivity contribution in [3.05, 3.63) is 35.6 Å². The molecular formula is C13H16FNO3. The van der Waals surface area contributed by atoms with Gasteiger partial charge in [-0.15, -0.1) is 0 Å². The number of benzene rings is 1. The molecule has 1 heterocycles. The van der Waals surface area contributed by atoms with Gasteiger partial charge in [-0.05, 0) is 19.1 Å². The van der Waals surface area contributed by atoms with Gasteiger partial charge >= 0.3 is 0 Å². The van der Waals surface area contributed by atoms with Crippen LogP contribution in [0.4, 0.5) is 4.39 Å². The highest BCUT2D eigenvalue weighted by Crippen LogP contribution is 2.24. The predicted molar refractivity (Wildman–Crippen MR) is 63.7 cm³/mol. The van der Waals surface area contributed by atoms with Crippen LogP contribution < -0.4 is 5.32 Å². The van der Waals surface area contributed by atoms with E-state index in [1.807, 2.05) is 0 Å². The van der Waals surface area contributed by atoms with Crippen molar-refractivity contribution in [1.29, 1.82) is 0 Å². The van der Waals surface area contributed by atoms with Gasteiger partial charge in [0.05, 0.1) is 11.7 Å². The minimum atomic E-state index is -1.07. The molecule has 2 N–H and O–H groups in total. The van der Waals surface area contributed by atoms with Crippen LogP contribution in [0, 0.1) is 5.82 Å². The third-order valence-electron chi connectivity index (χ3n) is 3.33. The van der Waals surface area contributed by atoms with Gasteiger partial charge in [-0.3, -0.25) is 4.79 Å². The van der Waals surface area contributed by atoms with Crippen molar-refractivity contribution < 1.29 is 19.0 Å². The molecule has 98 valence electrons. The van der Waals surface area contributed by atoms with Crippen LogP contribution in [0.3, 0.4) is 0 Å². The lowest BCUT2D eigenvalue weighted by Gasteiger charge is -2.26. The van der Waals surface area contributed by atoms with Gasteiger partial charge in [-0.25, -0.2) is 4.39 Å². The van der Waals surface area contributed by atoms with Crippen LogP contribution in [-0.2, 0) is 4.74 Å². The lowest BCUT2D eigenvalue weighted by atomic mass is 9.96. The molecule has 1 fully saturated rings. The van der Waals surface area contributed by atoms with E-state index in [2.05, 4.69) is 5.32 Å². The van der Waals surface area contributed by atoms with Crippen molar-refractivity contribution in [2.45, 2.75) is 25.0 Å². The van der Waals surface area contributed by atoms with E-state index < -0.39 is 17.3 Å². The van der Waals surface area contributed by atoms with Crippen LogP contribution in [0.1, 0.15) is 23.7 Å². The highest BCUT2D eigenvalue weighted by Gasteiger charge is 2.39. The molecule has 0 radical (unpaired) electrons. The molecule has 0 aromatic heterocycles. The minimum Gasteiger partial charge on any atom is -0.385 e. The van der Waals surface area contributed by atoms with Gasteiger partial charge in [0.2, 0.25) is 0 Å². The van der Waals surface area contributed by atoms with Crippen LogP contribution >= 0.6 is 0 Å². The number of halogens is 1. The largest absolute Gasteiger partial charge is 0.385 e. The Hall–Kier alpha value is -1.46. The van der Waals surface area contributed by atoms with Crippen LogP contribution in [0.25, 0.3) is 0 Å². The number of hydrogen-bond acceptors (Lipinski definition) is 3. The maximum Gasteiger partial charge on any atom is 0.254 e. The summed E-state index contributed by atoms with van der Waals surface area (Å²) in [5, 5.41) is 12.7. The highest BCUT2D eigenvalue weighted by atomic mass is 19.1. The molecule has 1 amide bonds. The van der Waals surface area contributed by atoms with Gasteiger partial charge in [0.15, 0.2) is 0 Å². The molecule has 2 unspecified atom stereocenters. The summed E-state index contributed by atoms with van der Waals surface area (Å²) in [5.74, 6) is -1.10. The van der Waals surface area contributed by atoms with E-state index in [1.54, 1.807) is 13.0 Å². The lowest BCUT2D eigenvalue weighted by Crippen LogP contribution is -2.47. The van der Waals surface area contributed by atoms with Gasteiger partial charge in [0.25, 0.3) is 5.91 Å². The van der Waals surface area contributed by atoms with Gasteiger partial charge in [0, 0.05) is 19.6 Å². The van der Waals surface area contributed by atoms with E-state index in [-0.39, 0.29) is 18.2 Å².